The van der Waals surface area contributed by atoms with E-state index in [1.165, 1.54) is 0 Å². The summed E-state index contributed by atoms with van der Waals surface area (Å²) in [6, 6.07) is 7.62. The smallest absolute Gasteiger partial charge is 0.175 e. The molecule has 0 aromatic carbocycles. The minimum Gasteiger partial charge on any atom is -0.368 e. The molecule has 0 bridgehead atoms. The van der Waals surface area contributed by atoms with Gasteiger partial charge in [0.1, 0.15) is 5.82 Å². The number of hydrogen-bond donors (Lipinski definition) is 3. The SMILES string of the molecule is CNCc1ccc(N2NC=C(c3cccnc3)C2O)nc1. The Hall–Kier alpha value is -2.44. The van der Waals surface area contributed by atoms with Crippen LogP contribution in [0, 0.1) is 0 Å². The Morgan fingerprint density at radius 2 is 2.24 bits per heavy atom. The molecule has 0 saturated heterocycles. The Bertz CT molecular complexity index is 626. The van der Waals surface area contributed by atoms with Gasteiger partial charge in [-0.25, -0.2) is 9.99 Å². The molecule has 108 valence electrons. The van der Waals surface area contributed by atoms with Crippen molar-refractivity contribution in [3.05, 3.63) is 60.2 Å². The third-order valence-corrected chi connectivity index (χ3v) is 3.31. The monoisotopic (exact) mass is 283 g/mol. The zero-order valence-corrected chi connectivity index (χ0v) is 11.7. The largest absolute Gasteiger partial charge is 0.368 e. The third-order valence-electron chi connectivity index (χ3n) is 3.31. The van der Waals surface area contributed by atoms with Gasteiger partial charge in [-0.05, 0) is 24.7 Å². The van der Waals surface area contributed by atoms with Gasteiger partial charge < -0.3 is 15.8 Å². The molecule has 2 aromatic rings. The molecule has 0 saturated carbocycles. The summed E-state index contributed by atoms with van der Waals surface area (Å²) in [4.78, 5) is 8.45. The maximum absolute atomic E-state index is 10.4. The number of aliphatic hydroxyl groups excluding tert-OH is 1. The molecule has 1 atom stereocenters. The molecule has 1 aliphatic heterocycles. The number of nitrogens with one attached hydrogen (secondary N) is 2. The van der Waals surface area contributed by atoms with Gasteiger partial charge in [0.25, 0.3) is 0 Å². The second-order valence-electron chi connectivity index (χ2n) is 4.77. The average Bonchev–Trinajstić information content (AvgIpc) is 2.91. The van der Waals surface area contributed by atoms with Crippen LogP contribution in [-0.4, -0.2) is 28.4 Å². The van der Waals surface area contributed by atoms with Crippen LogP contribution in [-0.2, 0) is 6.54 Å². The molecule has 21 heavy (non-hydrogen) atoms. The van der Waals surface area contributed by atoms with E-state index in [0.717, 1.165) is 23.2 Å². The van der Waals surface area contributed by atoms with Crippen LogP contribution in [0.1, 0.15) is 11.1 Å². The standard InChI is InChI=1S/C15H17N5O/c1-16-7-11-4-5-14(18-8-11)20-15(21)13(10-19-20)12-3-2-6-17-9-12/h2-6,8-10,15-16,19,21H,7H2,1H3. The van der Waals surface area contributed by atoms with Crippen LogP contribution >= 0.6 is 0 Å². The predicted octanol–water partition coefficient (Wildman–Crippen LogP) is 0.880. The number of rotatable bonds is 4. The highest BCUT2D eigenvalue weighted by Gasteiger charge is 2.27. The van der Waals surface area contributed by atoms with Crippen molar-refractivity contribution >= 4 is 11.4 Å². The minimum atomic E-state index is -0.795. The quantitative estimate of drug-likeness (QED) is 0.773. The van der Waals surface area contributed by atoms with E-state index in [9.17, 15) is 5.11 Å². The van der Waals surface area contributed by atoms with Gasteiger partial charge in [-0.15, -0.1) is 0 Å². The summed E-state index contributed by atoms with van der Waals surface area (Å²) in [5.74, 6) is 0.664. The first-order valence-corrected chi connectivity index (χ1v) is 6.73. The number of aromatic nitrogens is 2. The van der Waals surface area contributed by atoms with Crippen LogP contribution in [0.25, 0.3) is 5.57 Å². The highest BCUT2D eigenvalue weighted by molar-refractivity contribution is 5.73. The van der Waals surface area contributed by atoms with Crippen molar-refractivity contribution in [3.63, 3.8) is 0 Å². The Kier molecular flexibility index (Phi) is 3.81. The molecule has 3 heterocycles. The topological polar surface area (TPSA) is 73.3 Å². The molecule has 0 amide bonds. The van der Waals surface area contributed by atoms with Gasteiger partial charge in [-0.3, -0.25) is 4.98 Å². The summed E-state index contributed by atoms with van der Waals surface area (Å²) in [6.45, 7) is 0.766. The van der Waals surface area contributed by atoms with Gasteiger partial charge >= 0.3 is 0 Å². The number of hydrazine groups is 1. The van der Waals surface area contributed by atoms with E-state index < -0.39 is 6.23 Å². The Morgan fingerprint density at radius 3 is 2.90 bits per heavy atom. The lowest BCUT2D eigenvalue weighted by Gasteiger charge is -2.23. The van der Waals surface area contributed by atoms with Crippen molar-refractivity contribution in [1.82, 2.24) is 20.7 Å². The fraction of sp³-hybridized carbons (Fsp3) is 0.200. The van der Waals surface area contributed by atoms with E-state index >= 15 is 0 Å². The molecule has 6 heteroatoms. The van der Waals surface area contributed by atoms with Crippen molar-refractivity contribution in [1.29, 1.82) is 0 Å². The number of pyridine rings is 2. The molecule has 3 rings (SSSR count). The van der Waals surface area contributed by atoms with E-state index in [1.54, 1.807) is 29.8 Å². The molecule has 1 aliphatic rings. The van der Waals surface area contributed by atoms with Crippen LogP contribution < -0.4 is 15.8 Å². The fourth-order valence-corrected chi connectivity index (χ4v) is 2.25. The fourth-order valence-electron chi connectivity index (χ4n) is 2.25. The second-order valence-corrected chi connectivity index (χ2v) is 4.77. The maximum atomic E-state index is 10.4. The molecule has 1 unspecified atom stereocenters. The molecule has 0 spiro atoms. The number of hydrogen-bond acceptors (Lipinski definition) is 6. The normalized spacial score (nSPS) is 17.5. The van der Waals surface area contributed by atoms with Crippen LogP contribution in [0.4, 0.5) is 5.82 Å². The van der Waals surface area contributed by atoms with Gasteiger partial charge in [-0.1, -0.05) is 12.1 Å². The second kappa shape index (κ2) is 5.90. The molecule has 2 aromatic heterocycles. The van der Waals surface area contributed by atoms with Gasteiger partial charge in [0.05, 0.1) is 0 Å². The maximum Gasteiger partial charge on any atom is 0.175 e. The van der Waals surface area contributed by atoms with Gasteiger partial charge in [0.2, 0.25) is 0 Å². The van der Waals surface area contributed by atoms with E-state index in [2.05, 4.69) is 20.7 Å². The lowest BCUT2D eigenvalue weighted by Crippen LogP contribution is -2.38. The highest BCUT2D eigenvalue weighted by atomic mass is 16.3. The molecule has 6 nitrogen and oxygen atoms in total. The summed E-state index contributed by atoms with van der Waals surface area (Å²) >= 11 is 0. The minimum absolute atomic E-state index is 0.664. The van der Waals surface area contributed by atoms with Gasteiger partial charge in [-0.2, -0.15) is 0 Å². The van der Waals surface area contributed by atoms with Crippen LogP contribution in [0.5, 0.6) is 0 Å². The van der Waals surface area contributed by atoms with E-state index in [0.29, 0.717) is 5.82 Å². The lowest BCUT2D eigenvalue weighted by molar-refractivity contribution is 0.225. The van der Waals surface area contributed by atoms with Crippen molar-refractivity contribution < 1.29 is 5.11 Å². The third kappa shape index (κ3) is 2.72. The molecule has 0 radical (unpaired) electrons. The average molecular weight is 283 g/mol. The van der Waals surface area contributed by atoms with Crippen LogP contribution in [0.15, 0.2) is 49.1 Å². The summed E-state index contributed by atoms with van der Waals surface area (Å²) in [6.07, 6.45) is 6.20. The molecular formula is C15H17N5O. The summed E-state index contributed by atoms with van der Waals surface area (Å²) < 4.78 is 0. The lowest BCUT2D eigenvalue weighted by atomic mass is 10.1. The molecule has 0 fully saturated rings. The Balaban J connectivity index is 1.77. The summed E-state index contributed by atoms with van der Waals surface area (Å²) in [5, 5.41) is 15.1. The molecule has 0 aliphatic carbocycles. The molecule has 3 N–H and O–H groups in total. The van der Waals surface area contributed by atoms with Crippen molar-refractivity contribution in [2.45, 2.75) is 12.8 Å². The van der Waals surface area contributed by atoms with E-state index in [4.69, 9.17) is 0 Å². The number of nitrogens with zero attached hydrogens (tertiary/aromatic N) is 3. The van der Waals surface area contributed by atoms with Gasteiger partial charge in [0, 0.05) is 42.5 Å². The van der Waals surface area contributed by atoms with Crippen molar-refractivity contribution in [2.75, 3.05) is 12.1 Å². The summed E-state index contributed by atoms with van der Waals surface area (Å²) in [5.41, 5.74) is 5.78. The molecular weight excluding hydrogens is 266 g/mol. The number of anilines is 1. The first-order chi connectivity index (χ1) is 10.3. The van der Waals surface area contributed by atoms with Crippen LogP contribution in [0.2, 0.25) is 0 Å². The van der Waals surface area contributed by atoms with E-state index in [-0.39, 0.29) is 0 Å². The summed E-state index contributed by atoms with van der Waals surface area (Å²) in [7, 11) is 1.89. The van der Waals surface area contributed by atoms with Crippen molar-refractivity contribution in [2.24, 2.45) is 0 Å². The number of aliphatic hydroxyl groups is 1. The first kappa shape index (κ1) is 13.5. The predicted molar refractivity (Wildman–Crippen MR) is 80.8 cm³/mol. The zero-order chi connectivity index (χ0) is 14.7. The zero-order valence-electron chi connectivity index (χ0n) is 11.7. The highest BCUT2D eigenvalue weighted by Crippen LogP contribution is 2.26. The van der Waals surface area contributed by atoms with Crippen LogP contribution in [0.3, 0.4) is 0 Å². The van der Waals surface area contributed by atoms with Crippen molar-refractivity contribution in [3.8, 4) is 0 Å². The van der Waals surface area contributed by atoms with E-state index in [1.807, 2.05) is 31.3 Å². The first-order valence-electron chi connectivity index (χ1n) is 6.73. The Labute approximate surface area is 123 Å². The Morgan fingerprint density at radius 1 is 1.33 bits per heavy atom. The van der Waals surface area contributed by atoms with Gasteiger partial charge in [0.15, 0.2) is 6.23 Å².